The molecule has 0 radical (unpaired) electrons. The van der Waals surface area contributed by atoms with Gasteiger partial charge in [0.05, 0.1) is 31.2 Å². The Morgan fingerprint density at radius 3 is 1.41 bits per heavy atom. The zero-order valence-corrected chi connectivity index (χ0v) is 22.9. The topological polar surface area (TPSA) is 92.4 Å². The maximum absolute atomic E-state index is 12.6. The molecular weight excluding hydrogens is 630 g/mol. The summed E-state index contributed by atoms with van der Waals surface area (Å²) in [5.41, 5.74) is 0.674. The van der Waals surface area contributed by atoms with Gasteiger partial charge in [-0.25, -0.2) is 18.1 Å². The van der Waals surface area contributed by atoms with Crippen LogP contribution in [0, 0.1) is 47.3 Å². The van der Waals surface area contributed by atoms with Crippen molar-refractivity contribution in [2.24, 2.45) is 0 Å². The SMILES string of the molecule is C#Cc1cn(-c2c(Cl)cc(C(F)F)cc2Cl)nc1C#N.C#Cc1cn(-c2c(Cl)cc(OC(F)F)cc2Cl)nc1C#N. The van der Waals surface area contributed by atoms with Gasteiger partial charge in [0, 0.05) is 30.1 Å². The van der Waals surface area contributed by atoms with E-state index in [0.29, 0.717) is 0 Å². The van der Waals surface area contributed by atoms with E-state index in [0.717, 1.165) is 24.3 Å². The van der Waals surface area contributed by atoms with Crippen LogP contribution in [-0.4, -0.2) is 26.2 Å². The first-order chi connectivity index (χ1) is 19.4. The van der Waals surface area contributed by atoms with Gasteiger partial charge in [0.2, 0.25) is 0 Å². The van der Waals surface area contributed by atoms with Gasteiger partial charge >= 0.3 is 6.61 Å². The van der Waals surface area contributed by atoms with Crippen LogP contribution in [0.3, 0.4) is 0 Å². The Morgan fingerprint density at radius 2 is 1.12 bits per heavy atom. The second kappa shape index (κ2) is 13.3. The summed E-state index contributed by atoms with van der Waals surface area (Å²) in [6.45, 7) is -2.99. The standard InChI is InChI=1S/C13H5Cl2F2N3O.C13H5Cl2F2N3/c1-2-7-6-20(19-11(7)5-18)12-9(14)3-8(4-10(12)15)21-13(16)17;1-2-7-6-20(19-11(7)5-18)12-9(14)3-8(13(16)17)4-10(12)15/h1,3-4,6,13H;1,3-4,6,13H. The Kier molecular flexibility index (Phi) is 10.1. The van der Waals surface area contributed by atoms with Crippen LogP contribution >= 0.6 is 46.4 Å². The molecule has 2 aromatic heterocycles. The molecule has 0 fully saturated rings. The summed E-state index contributed by atoms with van der Waals surface area (Å²) in [6.07, 6.45) is 10.6. The lowest BCUT2D eigenvalue weighted by molar-refractivity contribution is -0.0498. The highest BCUT2D eigenvalue weighted by Crippen LogP contribution is 2.35. The van der Waals surface area contributed by atoms with Crippen LogP contribution in [0.2, 0.25) is 20.1 Å². The average molecular weight is 640 g/mol. The largest absolute Gasteiger partial charge is 0.435 e. The number of hydrogen-bond donors (Lipinski definition) is 0. The van der Waals surface area contributed by atoms with Gasteiger partial charge in [-0.1, -0.05) is 58.2 Å². The molecule has 4 aromatic rings. The van der Waals surface area contributed by atoms with Crippen LogP contribution in [0.15, 0.2) is 36.7 Å². The molecule has 0 spiro atoms. The van der Waals surface area contributed by atoms with E-state index in [4.69, 9.17) is 69.8 Å². The van der Waals surface area contributed by atoms with E-state index in [-0.39, 0.29) is 65.3 Å². The summed E-state index contributed by atoms with van der Waals surface area (Å²) in [6, 6.07) is 8.17. The average Bonchev–Trinajstić information content (AvgIpc) is 3.51. The molecule has 2 aromatic carbocycles. The minimum atomic E-state index is -2.99. The molecule has 0 bridgehead atoms. The van der Waals surface area contributed by atoms with Crippen molar-refractivity contribution in [3.63, 3.8) is 0 Å². The van der Waals surface area contributed by atoms with Gasteiger partial charge in [-0.2, -0.15) is 29.5 Å². The molecule has 4 rings (SSSR count). The van der Waals surface area contributed by atoms with E-state index >= 15 is 0 Å². The third-order valence-electron chi connectivity index (χ3n) is 4.92. The first-order valence-electron chi connectivity index (χ1n) is 10.6. The van der Waals surface area contributed by atoms with Gasteiger partial charge in [-0.15, -0.1) is 12.8 Å². The normalized spacial score (nSPS) is 10.3. The van der Waals surface area contributed by atoms with Crippen molar-refractivity contribution in [3.8, 4) is 54.0 Å². The van der Waals surface area contributed by atoms with Crippen molar-refractivity contribution in [1.29, 1.82) is 10.5 Å². The lowest BCUT2D eigenvalue weighted by atomic mass is 10.2. The molecule has 0 aliphatic carbocycles. The van der Waals surface area contributed by atoms with E-state index in [9.17, 15) is 17.6 Å². The zero-order chi connectivity index (χ0) is 30.4. The van der Waals surface area contributed by atoms with E-state index in [1.54, 1.807) is 0 Å². The predicted molar refractivity (Wildman–Crippen MR) is 144 cm³/mol. The third kappa shape index (κ3) is 7.05. The minimum absolute atomic E-state index is 0.0108. The third-order valence-corrected chi connectivity index (χ3v) is 6.07. The van der Waals surface area contributed by atoms with Crippen LogP contribution in [0.4, 0.5) is 17.6 Å². The zero-order valence-electron chi connectivity index (χ0n) is 19.9. The highest BCUT2D eigenvalue weighted by molar-refractivity contribution is 6.38. The smallest absolute Gasteiger partial charge is 0.387 e. The Morgan fingerprint density at radius 1 is 0.732 bits per heavy atom. The number of hydrogen-bond acceptors (Lipinski definition) is 5. The monoisotopic (exact) mass is 638 g/mol. The Bertz CT molecular complexity index is 1680. The van der Waals surface area contributed by atoms with Crippen LogP contribution in [0.5, 0.6) is 5.75 Å². The molecule has 0 aliphatic rings. The molecule has 0 saturated heterocycles. The summed E-state index contributed by atoms with van der Waals surface area (Å²) in [7, 11) is 0. The number of rotatable bonds is 5. The second-order valence-electron chi connectivity index (χ2n) is 7.43. The molecule has 0 atom stereocenters. The van der Waals surface area contributed by atoms with E-state index in [1.165, 1.54) is 21.8 Å². The van der Waals surface area contributed by atoms with Crippen molar-refractivity contribution in [2.45, 2.75) is 13.0 Å². The number of aromatic nitrogens is 4. The highest BCUT2D eigenvalue weighted by Gasteiger charge is 2.18. The second-order valence-corrected chi connectivity index (χ2v) is 9.06. The first-order valence-corrected chi connectivity index (χ1v) is 12.1. The number of alkyl halides is 4. The fraction of sp³-hybridized carbons (Fsp3) is 0.0769. The van der Waals surface area contributed by atoms with Crippen LogP contribution in [-0.2, 0) is 0 Å². The number of benzene rings is 2. The molecule has 0 unspecified atom stereocenters. The predicted octanol–water partition coefficient (Wildman–Crippen LogP) is 7.60. The van der Waals surface area contributed by atoms with Crippen LogP contribution < -0.4 is 4.74 Å². The summed E-state index contributed by atoms with van der Waals surface area (Å²) in [5.74, 6) is 4.40. The minimum Gasteiger partial charge on any atom is -0.435 e. The van der Waals surface area contributed by atoms with Gasteiger partial charge in [0.1, 0.15) is 29.3 Å². The maximum atomic E-state index is 12.6. The lowest BCUT2D eigenvalue weighted by Crippen LogP contribution is -2.03. The number of halogens is 8. The van der Waals surface area contributed by atoms with Gasteiger partial charge in [0.15, 0.2) is 11.4 Å². The van der Waals surface area contributed by atoms with E-state index in [2.05, 4.69) is 26.8 Å². The number of ether oxygens (including phenoxy) is 1. The van der Waals surface area contributed by atoms with Gasteiger partial charge < -0.3 is 4.74 Å². The van der Waals surface area contributed by atoms with Gasteiger partial charge in [-0.05, 0) is 12.1 Å². The molecular formula is C26H10Cl4F4N6O. The van der Waals surface area contributed by atoms with Crippen molar-refractivity contribution >= 4 is 46.4 Å². The molecule has 41 heavy (non-hydrogen) atoms. The molecule has 7 nitrogen and oxygen atoms in total. The van der Waals surface area contributed by atoms with Crippen molar-refractivity contribution in [3.05, 3.63) is 84.8 Å². The quantitative estimate of drug-likeness (QED) is 0.166. The highest BCUT2D eigenvalue weighted by atomic mass is 35.5. The summed E-state index contributed by atoms with van der Waals surface area (Å²) in [5, 5.41) is 25.7. The molecule has 206 valence electrons. The van der Waals surface area contributed by atoms with Crippen LogP contribution in [0.1, 0.15) is 34.5 Å². The molecule has 0 amide bonds. The van der Waals surface area contributed by atoms with E-state index < -0.39 is 13.0 Å². The summed E-state index contributed by atoms with van der Waals surface area (Å²) in [4.78, 5) is 0. The first kappa shape index (κ1) is 31.2. The van der Waals surface area contributed by atoms with Crippen molar-refractivity contribution < 1.29 is 22.3 Å². The maximum Gasteiger partial charge on any atom is 0.387 e. The van der Waals surface area contributed by atoms with Gasteiger partial charge in [-0.3, -0.25) is 0 Å². The van der Waals surface area contributed by atoms with Gasteiger partial charge in [0.25, 0.3) is 6.43 Å². The fourth-order valence-corrected chi connectivity index (χ4v) is 4.53. The number of terminal acetylenes is 2. The Balaban J connectivity index is 0.000000226. The number of nitrogens with zero attached hydrogens (tertiary/aromatic N) is 6. The number of nitriles is 2. The molecule has 0 N–H and O–H groups in total. The Hall–Kier alpha value is -4.36. The van der Waals surface area contributed by atoms with Crippen LogP contribution in [0.25, 0.3) is 11.4 Å². The Labute approximate surface area is 250 Å². The summed E-state index contributed by atoms with van der Waals surface area (Å²) >= 11 is 23.9. The summed E-state index contributed by atoms with van der Waals surface area (Å²) < 4.78 is 56.2. The fourth-order valence-electron chi connectivity index (χ4n) is 3.22. The molecule has 2 heterocycles. The van der Waals surface area contributed by atoms with E-state index in [1.807, 2.05) is 12.1 Å². The molecule has 0 saturated carbocycles. The van der Waals surface area contributed by atoms with Crippen molar-refractivity contribution in [1.82, 2.24) is 19.6 Å². The lowest BCUT2D eigenvalue weighted by Gasteiger charge is -2.10. The molecule has 0 aliphatic heterocycles. The van der Waals surface area contributed by atoms with Crippen molar-refractivity contribution in [2.75, 3.05) is 0 Å². The molecule has 15 heteroatoms.